The van der Waals surface area contributed by atoms with Gasteiger partial charge in [-0.15, -0.1) is 0 Å². The van der Waals surface area contributed by atoms with Gasteiger partial charge in [-0.25, -0.2) is 17.5 Å². The maximum Gasteiger partial charge on any atom is 0.420 e. The van der Waals surface area contributed by atoms with Crippen LogP contribution in [0.15, 0.2) is 56.6 Å². The van der Waals surface area contributed by atoms with Crippen molar-refractivity contribution in [3.63, 3.8) is 0 Å². The fourth-order valence-corrected chi connectivity index (χ4v) is 3.49. The summed E-state index contributed by atoms with van der Waals surface area (Å²) in [6.45, 7) is -0.358. The molecule has 0 saturated heterocycles. The number of ketones is 1. The maximum absolute atomic E-state index is 12.4. The molecule has 0 unspecified atom stereocenters. The van der Waals surface area contributed by atoms with Gasteiger partial charge in [0.05, 0.1) is 21.9 Å². The Bertz CT molecular complexity index is 1240. The van der Waals surface area contributed by atoms with Crippen LogP contribution >= 0.6 is 0 Å². The first-order valence-electron chi connectivity index (χ1n) is 7.95. The van der Waals surface area contributed by atoms with Gasteiger partial charge in [-0.1, -0.05) is 0 Å². The molecule has 0 aliphatic rings. The average molecular weight is 405 g/mol. The van der Waals surface area contributed by atoms with Crippen LogP contribution in [-0.4, -0.2) is 42.1 Å². The fourth-order valence-electron chi connectivity index (χ4n) is 2.57. The van der Waals surface area contributed by atoms with Crippen LogP contribution in [0.25, 0.3) is 11.1 Å². The number of rotatable bonds is 6. The number of benzene rings is 2. The second kappa shape index (κ2) is 7.02. The van der Waals surface area contributed by atoms with E-state index in [1.807, 2.05) is 0 Å². The first-order valence-corrected chi connectivity index (χ1v) is 9.39. The van der Waals surface area contributed by atoms with Crippen molar-refractivity contribution < 1.29 is 22.6 Å². The highest BCUT2D eigenvalue weighted by atomic mass is 32.2. The molecule has 0 fully saturated rings. The van der Waals surface area contributed by atoms with E-state index in [-0.39, 0.29) is 33.8 Å². The Kier molecular flexibility index (Phi) is 4.87. The molecule has 1 heterocycles. The summed E-state index contributed by atoms with van der Waals surface area (Å²) in [6, 6.07) is 8.92. The molecule has 0 aliphatic heterocycles. The molecule has 28 heavy (non-hydrogen) atoms. The summed E-state index contributed by atoms with van der Waals surface area (Å²) in [5.74, 6) is -1.27. The van der Waals surface area contributed by atoms with Crippen molar-refractivity contribution in [2.75, 3.05) is 14.1 Å². The van der Waals surface area contributed by atoms with E-state index in [1.165, 1.54) is 56.6 Å². The number of non-ortho nitro benzene ring substituents is 1. The SMILES string of the molecule is CN(C)S(=O)(=O)c1ccc2c(c1)oc(=O)n2CC(=O)c1ccc([N+](=O)[O-])cc1. The number of nitrogens with zero attached hydrogens (tertiary/aromatic N) is 3. The molecule has 0 aliphatic carbocycles. The average Bonchev–Trinajstić information content (AvgIpc) is 2.96. The third-order valence-corrected chi connectivity index (χ3v) is 5.93. The van der Waals surface area contributed by atoms with Gasteiger partial charge in [0.25, 0.3) is 5.69 Å². The van der Waals surface area contributed by atoms with E-state index < -0.39 is 26.5 Å². The van der Waals surface area contributed by atoms with Crippen molar-refractivity contribution >= 4 is 32.6 Å². The number of hydrogen-bond acceptors (Lipinski definition) is 7. The van der Waals surface area contributed by atoms with E-state index in [2.05, 4.69) is 0 Å². The van der Waals surface area contributed by atoms with Gasteiger partial charge in [0, 0.05) is 37.9 Å². The Hall–Kier alpha value is -3.31. The number of hydrogen-bond donors (Lipinski definition) is 0. The molecule has 0 amide bonds. The number of aromatic nitrogens is 1. The zero-order chi connectivity index (χ0) is 20.6. The summed E-state index contributed by atoms with van der Waals surface area (Å²) in [5.41, 5.74) is 0.332. The van der Waals surface area contributed by atoms with E-state index in [0.29, 0.717) is 0 Å². The molecule has 0 saturated carbocycles. The van der Waals surface area contributed by atoms with E-state index in [0.717, 1.165) is 8.87 Å². The van der Waals surface area contributed by atoms with Crippen molar-refractivity contribution in [2.24, 2.45) is 0 Å². The summed E-state index contributed by atoms with van der Waals surface area (Å²) in [7, 11) is -0.952. The number of nitro benzene ring substituents is 1. The minimum atomic E-state index is -3.71. The molecule has 0 radical (unpaired) electrons. The van der Waals surface area contributed by atoms with Gasteiger partial charge in [-0.3, -0.25) is 19.5 Å². The van der Waals surface area contributed by atoms with Crippen molar-refractivity contribution in [3.05, 3.63) is 68.7 Å². The lowest BCUT2D eigenvalue weighted by molar-refractivity contribution is -0.384. The summed E-state index contributed by atoms with van der Waals surface area (Å²) in [6.07, 6.45) is 0. The lowest BCUT2D eigenvalue weighted by Crippen LogP contribution is -2.22. The van der Waals surface area contributed by atoms with Gasteiger partial charge >= 0.3 is 5.76 Å². The number of oxazole rings is 1. The Balaban J connectivity index is 1.95. The number of fused-ring (bicyclic) bond motifs is 1. The predicted octanol–water partition coefficient (Wildman–Crippen LogP) is 1.64. The molecule has 0 N–H and O–H groups in total. The van der Waals surface area contributed by atoms with Crippen molar-refractivity contribution in [2.45, 2.75) is 11.4 Å². The quantitative estimate of drug-likeness (QED) is 0.346. The smallest absolute Gasteiger partial charge is 0.408 e. The third-order valence-electron chi connectivity index (χ3n) is 4.12. The zero-order valence-electron chi connectivity index (χ0n) is 14.9. The van der Waals surface area contributed by atoms with Gasteiger partial charge < -0.3 is 4.42 Å². The molecule has 0 atom stereocenters. The third kappa shape index (κ3) is 3.44. The van der Waals surface area contributed by atoms with Gasteiger partial charge in [0.1, 0.15) is 0 Å². The summed E-state index contributed by atoms with van der Waals surface area (Å²) >= 11 is 0. The molecule has 11 heteroatoms. The Morgan fingerprint density at radius 1 is 1.18 bits per heavy atom. The van der Waals surface area contributed by atoms with E-state index in [9.17, 15) is 28.1 Å². The largest absolute Gasteiger partial charge is 0.420 e. The normalized spacial score (nSPS) is 11.8. The molecule has 146 valence electrons. The van der Waals surface area contributed by atoms with Crippen LogP contribution in [0.3, 0.4) is 0 Å². The van der Waals surface area contributed by atoms with Gasteiger partial charge in [-0.2, -0.15) is 0 Å². The minimum absolute atomic E-state index is 0.0319. The van der Waals surface area contributed by atoms with Crippen molar-refractivity contribution in [3.8, 4) is 0 Å². The molecule has 10 nitrogen and oxygen atoms in total. The van der Waals surface area contributed by atoms with Gasteiger partial charge in [0.15, 0.2) is 11.4 Å². The summed E-state index contributed by atoms with van der Waals surface area (Å²) < 4.78 is 31.6. The molecule has 0 spiro atoms. The first kappa shape index (κ1) is 19.5. The fraction of sp³-hybridized carbons (Fsp3) is 0.176. The molecule has 0 bridgehead atoms. The minimum Gasteiger partial charge on any atom is -0.408 e. The van der Waals surface area contributed by atoms with Crippen LogP contribution in [0.2, 0.25) is 0 Å². The second-order valence-electron chi connectivity index (χ2n) is 6.10. The number of nitro groups is 1. The molecular formula is C17H15N3O7S. The number of sulfonamides is 1. The Morgan fingerprint density at radius 3 is 2.39 bits per heavy atom. The van der Waals surface area contributed by atoms with Crippen LogP contribution in [0.1, 0.15) is 10.4 Å². The summed E-state index contributed by atoms with van der Waals surface area (Å²) in [4.78, 5) is 34.6. The van der Waals surface area contributed by atoms with E-state index in [4.69, 9.17) is 4.42 Å². The first-order chi connectivity index (χ1) is 13.1. The molecule has 1 aromatic heterocycles. The molecule has 3 rings (SSSR count). The maximum atomic E-state index is 12.4. The van der Waals surface area contributed by atoms with Crippen molar-refractivity contribution in [1.82, 2.24) is 8.87 Å². The zero-order valence-corrected chi connectivity index (χ0v) is 15.7. The second-order valence-corrected chi connectivity index (χ2v) is 8.25. The molecule has 2 aromatic carbocycles. The predicted molar refractivity (Wildman–Crippen MR) is 98.8 cm³/mol. The van der Waals surface area contributed by atoms with Gasteiger partial charge in [-0.05, 0) is 24.3 Å². The number of carbonyl (C=O) groups excluding carboxylic acids is 1. The van der Waals surface area contributed by atoms with Crippen molar-refractivity contribution in [1.29, 1.82) is 0 Å². The van der Waals surface area contributed by atoms with Crippen LogP contribution in [0.5, 0.6) is 0 Å². The van der Waals surface area contributed by atoms with E-state index >= 15 is 0 Å². The van der Waals surface area contributed by atoms with Gasteiger partial charge in [0.2, 0.25) is 10.0 Å². The lowest BCUT2D eigenvalue weighted by atomic mass is 10.1. The summed E-state index contributed by atoms with van der Waals surface area (Å²) in [5, 5.41) is 10.7. The highest BCUT2D eigenvalue weighted by Gasteiger charge is 2.21. The highest BCUT2D eigenvalue weighted by Crippen LogP contribution is 2.21. The standard InChI is InChI=1S/C17H15N3O7S/c1-18(2)28(25,26)13-7-8-14-16(9-13)27-17(22)19(14)10-15(21)11-3-5-12(6-4-11)20(23)24/h3-9H,10H2,1-2H3. The van der Waals surface area contributed by atoms with E-state index in [1.54, 1.807) is 0 Å². The Morgan fingerprint density at radius 2 is 1.82 bits per heavy atom. The molecular weight excluding hydrogens is 390 g/mol. The monoisotopic (exact) mass is 405 g/mol. The molecule has 3 aromatic rings. The van der Waals surface area contributed by atoms with Crippen LogP contribution in [0.4, 0.5) is 5.69 Å². The number of carbonyl (C=O) groups is 1. The van der Waals surface area contributed by atoms with Crippen LogP contribution < -0.4 is 5.76 Å². The van der Waals surface area contributed by atoms with Crippen LogP contribution in [0, 0.1) is 10.1 Å². The Labute approximate surface area is 158 Å². The van der Waals surface area contributed by atoms with Crippen LogP contribution in [-0.2, 0) is 16.6 Å². The number of Topliss-reactive ketones (excluding diaryl/α,β-unsaturated/α-hetero) is 1. The lowest BCUT2D eigenvalue weighted by Gasteiger charge is -2.10. The topological polar surface area (TPSA) is 133 Å². The highest BCUT2D eigenvalue weighted by molar-refractivity contribution is 7.89.